The third-order valence-electron chi connectivity index (χ3n) is 5.49. The molecule has 0 aliphatic heterocycles. The lowest BCUT2D eigenvalue weighted by Crippen LogP contribution is -2.31. The quantitative estimate of drug-likeness (QED) is 0.477. The van der Waals surface area contributed by atoms with Gasteiger partial charge in [0.2, 0.25) is 0 Å². The highest BCUT2D eigenvalue weighted by molar-refractivity contribution is 5.97. The Morgan fingerprint density at radius 3 is 1.91 bits per heavy atom. The van der Waals surface area contributed by atoms with Gasteiger partial charge in [0, 0.05) is 36.5 Å². The fourth-order valence-electron chi connectivity index (χ4n) is 3.61. The molecular formula is C29H31N3O. The van der Waals surface area contributed by atoms with Gasteiger partial charge in [-0.1, -0.05) is 75.4 Å². The number of allylic oxidation sites excluding steroid dienone is 2. The van der Waals surface area contributed by atoms with E-state index in [9.17, 15) is 10.1 Å². The van der Waals surface area contributed by atoms with E-state index in [1.165, 1.54) is 11.1 Å². The predicted octanol–water partition coefficient (Wildman–Crippen LogP) is 6.05. The van der Waals surface area contributed by atoms with Crippen LogP contribution >= 0.6 is 0 Å². The maximum Gasteiger partial charge on any atom is 0.255 e. The second-order valence-corrected chi connectivity index (χ2v) is 9.37. The van der Waals surface area contributed by atoms with Gasteiger partial charge < -0.3 is 10.2 Å². The van der Waals surface area contributed by atoms with Crippen molar-refractivity contribution in [2.24, 2.45) is 5.41 Å². The zero-order valence-corrected chi connectivity index (χ0v) is 20.0. The normalized spacial score (nSPS) is 11.9. The number of nitrogens with one attached hydrogen (secondary N) is 1. The van der Waals surface area contributed by atoms with Gasteiger partial charge in [-0.15, -0.1) is 0 Å². The summed E-state index contributed by atoms with van der Waals surface area (Å²) in [6.07, 6.45) is 0.832. The topological polar surface area (TPSA) is 56.1 Å². The molecule has 4 heteroatoms. The molecule has 0 fully saturated rings. The summed E-state index contributed by atoms with van der Waals surface area (Å²) in [6, 6.07) is 28.0. The largest absolute Gasteiger partial charge is 0.378 e. The van der Waals surface area contributed by atoms with Crippen LogP contribution in [-0.2, 0) is 6.42 Å². The summed E-state index contributed by atoms with van der Waals surface area (Å²) in [4.78, 5) is 15.0. The van der Waals surface area contributed by atoms with Crippen molar-refractivity contribution in [1.29, 1.82) is 5.26 Å². The van der Waals surface area contributed by atoms with Crippen molar-refractivity contribution < 1.29 is 4.79 Å². The average Bonchev–Trinajstić information content (AvgIpc) is 2.80. The smallest absolute Gasteiger partial charge is 0.255 e. The van der Waals surface area contributed by atoms with Gasteiger partial charge in [-0.25, -0.2) is 0 Å². The van der Waals surface area contributed by atoms with Crippen LogP contribution in [0.5, 0.6) is 0 Å². The fourth-order valence-corrected chi connectivity index (χ4v) is 3.61. The van der Waals surface area contributed by atoms with E-state index in [1.807, 2.05) is 94.4 Å². The molecule has 0 saturated heterocycles. The zero-order valence-electron chi connectivity index (χ0n) is 20.0. The molecule has 0 atom stereocenters. The lowest BCUT2D eigenvalue weighted by molar-refractivity contribution is 0.0958. The van der Waals surface area contributed by atoms with Crippen LogP contribution in [0, 0.1) is 16.7 Å². The third kappa shape index (κ3) is 6.11. The van der Waals surface area contributed by atoms with Crippen LogP contribution in [0.1, 0.15) is 47.8 Å². The van der Waals surface area contributed by atoms with Crippen LogP contribution in [0.25, 0.3) is 5.57 Å². The number of nitrogens with zero attached hydrogens (tertiary/aromatic N) is 2. The molecule has 0 aliphatic rings. The molecule has 0 saturated carbocycles. The van der Waals surface area contributed by atoms with E-state index in [0.717, 1.165) is 17.7 Å². The highest BCUT2D eigenvalue weighted by atomic mass is 16.1. The molecule has 0 spiro atoms. The van der Waals surface area contributed by atoms with Gasteiger partial charge in [0.15, 0.2) is 0 Å². The van der Waals surface area contributed by atoms with Crippen LogP contribution in [0.4, 0.5) is 5.69 Å². The Morgan fingerprint density at radius 1 is 0.848 bits per heavy atom. The Bertz CT molecular complexity index is 1160. The molecule has 3 rings (SSSR count). The van der Waals surface area contributed by atoms with Crippen molar-refractivity contribution in [1.82, 2.24) is 5.32 Å². The van der Waals surface area contributed by atoms with Crippen molar-refractivity contribution in [2.45, 2.75) is 27.2 Å². The molecule has 0 heterocycles. The number of hydrogen-bond donors (Lipinski definition) is 1. The van der Waals surface area contributed by atoms with Gasteiger partial charge in [0.05, 0.1) is 5.57 Å². The van der Waals surface area contributed by atoms with Crippen LogP contribution in [0.15, 0.2) is 84.6 Å². The second-order valence-electron chi connectivity index (χ2n) is 9.37. The minimum atomic E-state index is -0.424. The molecule has 0 aromatic heterocycles. The van der Waals surface area contributed by atoms with Crippen LogP contribution in [0.2, 0.25) is 0 Å². The summed E-state index contributed by atoms with van der Waals surface area (Å²) in [5.74, 6) is -0.223. The average molecular weight is 438 g/mol. The van der Waals surface area contributed by atoms with Gasteiger partial charge in [-0.05, 0) is 47.4 Å². The standard InChI is InChI=1S/C29H31N3O/c1-29(2,3)27(31-28(33)24-15-17-25(18-16-24)32(4)5)26(20-30)23-13-11-22(12-14-23)19-21-9-7-6-8-10-21/h6-18H,19H2,1-5H3,(H,31,33)/b27-26-. The van der Waals surface area contributed by atoms with Crippen molar-refractivity contribution in [2.75, 3.05) is 19.0 Å². The number of anilines is 1. The maximum absolute atomic E-state index is 13.0. The maximum atomic E-state index is 13.0. The molecule has 3 aromatic rings. The molecule has 33 heavy (non-hydrogen) atoms. The van der Waals surface area contributed by atoms with Crippen LogP contribution < -0.4 is 10.2 Å². The SMILES string of the molecule is CN(C)c1ccc(C(=O)N/C(=C(/C#N)c2ccc(Cc3ccccc3)cc2)C(C)(C)C)cc1. The molecule has 0 aliphatic carbocycles. The lowest BCUT2D eigenvalue weighted by atomic mass is 9.86. The summed E-state index contributed by atoms with van der Waals surface area (Å²) in [7, 11) is 3.92. The number of benzene rings is 3. The first-order valence-electron chi connectivity index (χ1n) is 11.1. The van der Waals surface area contributed by atoms with E-state index in [4.69, 9.17) is 0 Å². The second kappa shape index (κ2) is 10.2. The van der Waals surface area contributed by atoms with E-state index in [2.05, 4.69) is 23.5 Å². The number of carbonyl (C=O) groups excluding carboxylic acids is 1. The highest BCUT2D eigenvalue weighted by Gasteiger charge is 2.25. The number of nitriles is 1. The van der Waals surface area contributed by atoms with E-state index >= 15 is 0 Å². The molecule has 0 unspecified atom stereocenters. The minimum absolute atomic E-state index is 0.223. The van der Waals surface area contributed by atoms with Crippen molar-refractivity contribution in [3.8, 4) is 6.07 Å². The monoisotopic (exact) mass is 437 g/mol. The molecular weight excluding hydrogens is 406 g/mol. The molecule has 3 aromatic carbocycles. The summed E-state index contributed by atoms with van der Waals surface area (Å²) < 4.78 is 0. The number of rotatable bonds is 6. The third-order valence-corrected chi connectivity index (χ3v) is 5.49. The molecule has 168 valence electrons. The first-order chi connectivity index (χ1) is 15.7. The first kappa shape index (κ1) is 23.8. The Labute approximate surface area is 197 Å². The minimum Gasteiger partial charge on any atom is -0.378 e. The summed E-state index contributed by atoms with van der Waals surface area (Å²) in [6.45, 7) is 6.00. The number of amides is 1. The van der Waals surface area contributed by atoms with Gasteiger partial charge in [-0.3, -0.25) is 4.79 Å². The highest BCUT2D eigenvalue weighted by Crippen LogP contribution is 2.31. The van der Waals surface area contributed by atoms with Crippen molar-refractivity contribution >= 4 is 17.2 Å². The van der Waals surface area contributed by atoms with Gasteiger partial charge in [0.25, 0.3) is 5.91 Å². The lowest BCUT2D eigenvalue weighted by Gasteiger charge is -2.26. The molecule has 0 radical (unpaired) electrons. The molecule has 1 amide bonds. The summed E-state index contributed by atoms with van der Waals surface area (Å²) >= 11 is 0. The van der Waals surface area contributed by atoms with Crippen molar-refractivity contribution in [3.05, 3.63) is 107 Å². The number of hydrogen-bond acceptors (Lipinski definition) is 3. The summed E-state index contributed by atoms with van der Waals surface area (Å²) in [5, 5.41) is 13.1. The van der Waals surface area contributed by atoms with E-state index in [-0.39, 0.29) is 5.91 Å². The molecule has 1 N–H and O–H groups in total. The Hall–Kier alpha value is -3.84. The van der Waals surface area contributed by atoms with E-state index in [1.54, 1.807) is 12.1 Å². The predicted molar refractivity (Wildman–Crippen MR) is 136 cm³/mol. The molecule has 4 nitrogen and oxygen atoms in total. The van der Waals surface area contributed by atoms with Crippen LogP contribution in [-0.4, -0.2) is 20.0 Å². The fraction of sp³-hybridized carbons (Fsp3) is 0.241. The van der Waals surface area contributed by atoms with Gasteiger partial charge >= 0.3 is 0 Å². The van der Waals surface area contributed by atoms with Crippen molar-refractivity contribution in [3.63, 3.8) is 0 Å². The van der Waals surface area contributed by atoms with E-state index in [0.29, 0.717) is 16.8 Å². The van der Waals surface area contributed by atoms with E-state index < -0.39 is 5.41 Å². The Balaban J connectivity index is 1.89. The van der Waals surface area contributed by atoms with Crippen LogP contribution in [0.3, 0.4) is 0 Å². The van der Waals surface area contributed by atoms with Gasteiger partial charge in [0.1, 0.15) is 6.07 Å². The number of carbonyl (C=O) groups is 1. The Morgan fingerprint density at radius 2 is 1.39 bits per heavy atom. The summed E-state index contributed by atoms with van der Waals surface area (Å²) in [5.41, 5.74) is 5.45. The zero-order chi connectivity index (χ0) is 24.0. The Kier molecular flexibility index (Phi) is 7.35. The van der Waals surface area contributed by atoms with Gasteiger partial charge in [-0.2, -0.15) is 5.26 Å². The first-order valence-corrected chi connectivity index (χ1v) is 11.1. The molecule has 0 bridgehead atoms.